The van der Waals surface area contributed by atoms with Crippen molar-refractivity contribution in [3.8, 4) is 0 Å². The Morgan fingerprint density at radius 1 is 1.44 bits per heavy atom. The average Bonchev–Trinajstić information content (AvgIpc) is 3.23. The highest BCUT2D eigenvalue weighted by atomic mass is 19.1. The molecule has 0 aromatic heterocycles. The molecule has 2 aliphatic rings. The fourth-order valence-electron chi connectivity index (χ4n) is 3.26. The van der Waals surface area contributed by atoms with Crippen LogP contribution in [0.1, 0.15) is 26.2 Å². The first-order valence-corrected chi connectivity index (χ1v) is 8.80. The van der Waals surface area contributed by atoms with Crippen molar-refractivity contribution in [2.45, 2.75) is 32.3 Å². The van der Waals surface area contributed by atoms with Crippen molar-refractivity contribution in [3.05, 3.63) is 24.0 Å². The molecule has 2 amide bonds. The summed E-state index contributed by atoms with van der Waals surface area (Å²) in [5.41, 5.74) is 0.786. The Hall–Kier alpha value is -2.15. The second-order valence-electron chi connectivity index (χ2n) is 6.53. The maximum atomic E-state index is 14.2. The van der Waals surface area contributed by atoms with Crippen LogP contribution in [0.4, 0.5) is 15.8 Å². The van der Waals surface area contributed by atoms with Gasteiger partial charge >= 0.3 is 0 Å². The number of rotatable bonds is 6. The molecule has 0 unspecified atom stereocenters. The average molecular weight is 349 g/mol. The number of amides is 2. The summed E-state index contributed by atoms with van der Waals surface area (Å²) in [7, 11) is 0. The number of halogens is 1. The van der Waals surface area contributed by atoms with E-state index in [0.29, 0.717) is 31.0 Å². The molecule has 3 rings (SSSR count). The van der Waals surface area contributed by atoms with E-state index in [9.17, 15) is 14.0 Å². The van der Waals surface area contributed by atoms with Crippen LogP contribution in [0.2, 0.25) is 0 Å². The van der Waals surface area contributed by atoms with E-state index in [1.165, 1.54) is 6.07 Å². The molecule has 2 fully saturated rings. The van der Waals surface area contributed by atoms with E-state index in [1.54, 1.807) is 17.0 Å². The van der Waals surface area contributed by atoms with E-state index in [2.05, 4.69) is 10.6 Å². The van der Waals surface area contributed by atoms with E-state index in [-0.39, 0.29) is 30.3 Å². The van der Waals surface area contributed by atoms with Crippen molar-refractivity contribution in [1.29, 1.82) is 0 Å². The third kappa shape index (κ3) is 4.28. The molecule has 0 saturated carbocycles. The molecule has 7 heteroatoms. The summed E-state index contributed by atoms with van der Waals surface area (Å²) in [5.74, 6) is -1.06. The third-order valence-electron chi connectivity index (χ3n) is 4.75. The monoisotopic (exact) mass is 349 g/mol. The first kappa shape index (κ1) is 17.7. The van der Waals surface area contributed by atoms with Crippen LogP contribution >= 0.6 is 0 Å². The lowest BCUT2D eigenvalue weighted by molar-refractivity contribution is -0.128. The predicted molar refractivity (Wildman–Crippen MR) is 92.9 cm³/mol. The van der Waals surface area contributed by atoms with Gasteiger partial charge in [-0.1, -0.05) is 0 Å². The van der Waals surface area contributed by atoms with Crippen LogP contribution in [0.15, 0.2) is 18.2 Å². The Bertz CT molecular complexity index is 646. The van der Waals surface area contributed by atoms with Gasteiger partial charge < -0.3 is 20.3 Å². The van der Waals surface area contributed by atoms with Gasteiger partial charge in [-0.15, -0.1) is 0 Å². The number of hydrogen-bond acceptors (Lipinski definition) is 4. The minimum atomic E-state index is -0.423. The molecule has 136 valence electrons. The summed E-state index contributed by atoms with van der Waals surface area (Å²) >= 11 is 0. The van der Waals surface area contributed by atoms with Gasteiger partial charge in [0.1, 0.15) is 5.82 Å². The van der Waals surface area contributed by atoms with Crippen LogP contribution in [0.3, 0.4) is 0 Å². The summed E-state index contributed by atoms with van der Waals surface area (Å²) in [6.45, 7) is 4.24. The molecule has 0 aliphatic carbocycles. The van der Waals surface area contributed by atoms with Crippen molar-refractivity contribution in [1.82, 2.24) is 4.90 Å². The van der Waals surface area contributed by atoms with Gasteiger partial charge in [-0.3, -0.25) is 9.59 Å². The Balaban J connectivity index is 1.55. The van der Waals surface area contributed by atoms with Crippen LogP contribution in [0.25, 0.3) is 0 Å². The molecule has 25 heavy (non-hydrogen) atoms. The van der Waals surface area contributed by atoms with Crippen LogP contribution < -0.4 is 10.6 Å². The molecule has 1 aromatic rings. The maximum absolute atomic E-state index is 14.2. The van der Waals surface area contributed by atoms with Crippen LogP contribution in [0.5, 0.6) is 0 Å². The van der Waals surface area contributed by atoms with Crippen LogP contribution in [0, 0.1) is 11.7 Å². The summed E-state index contributed by atoms with van der Waals surface area (Å²) in [6, 6.07) is 4.56. The van der Waals surface area contributed by atoms with Crippen molar-refractivity contribution in [2.75, 3.05) is 36.9 Å². The first-order valence-electron chi connectivity index (χ1n) is 8.80. The number of carbonyl (C=O) groups excluding carboxylic acids is 2. The molecule has 6 nitrogen and oxygen atoms in total. The molecular weight excluding hydrogens is 325 g/mol. The summed E-state index contributed by atoms with van der Waals surface area (Å²) in [5, 5.41) is 5.75. The van der Waals surface area contributed by atoms with Gasteiger partial charge in [0.2, 0.25) is 11.8 Å². The number of likely N-dealkylation sites (tertiary alicyclic amines) is 1. The number of carbonyl (C=O) groups is 2. The molecule has 0 radical (unpaired) electrons. The number of hydrogen-bond donors (Lipinski definition) is 2. The second kappa shape index (κ2) is 7.82. The first-order chi connectivity index (χ1) is 12.1. The molecule has 2 saturated heterocycles. The number of benzene rings is 1. The van der Waals surface area contributed by atoms with Crippen LogP contribution in [-0.2, 0) is 14.3 Å². The zero-order valence-electron chi connectivity index (χ0n) is 14.4. The Morgan fingerprint density at radius 2 is 2.28 bits per heavy atom. The van der Waals surface area contributed by atoms with E-state index in [4.69, 9.17) is 4.74 Å². The third-order valence-corrected chi connectivity index (χ3v) is 4.75. The Morgan fingerprint density at radius 3 is 2.92 bits per heavy atom. The van der Waals surface area contributed by atoms with Gasteiger partial charge in [0.15, 0.2) is 0 Å². The predicted octanol–water partition coefficient (Wildman–Crippen LogP) is 2.22. The summed E-state index contributed by atoms with van der Waals surface area (Å²) in [4.78, 5) is 25.6. The van der Waals surface area contributed by atoms with Gasteiger partial charge in [-0.2, -0.15) is 0 Å². The lowest BCUT2D eigenvalue weighted by Crippen LogP contribution is -2.28. The Kier molecular flexibility index (Phi) is 5.53. The highest BCUT2D eigenvalue weighted by molar-refractivity contribution is 5.97. The lowest BCUT2D eigenvalue weighted by atomic mass is 10.1. The van der Waals surface area contributed by atoms with Gasteiger partial charge in [0.25, 0.3) is 0 Å². The van der Waals surface area contributed by atoms with Crippen LogP contribution in [-0.4, -0.2) is 49.1 Å². The smallest absolute Gasteiger partial charge is 0.229 e. The minimum absolute atomic E-state index is 0.0116. The lowest BCUT2D eigenvalue weighted by Gasteiger charge is -2.15. The second-order valence-corrected chi connectivity index (χ2v) is 6.53. The van der Waals surface area contributed by atoms with Gasteiger partial charge in [-0.05, 0) is 38.0 Å². The van der Waals surface area contributed by atoms with E-state index in [1.807, 2.05) is 6.92 Å². The normalized spacial score (nSPS) is 23.1. The molecule has 0 bridgehead atoms. The topological polar surface area (TPSA) is 70.7 Å². The Labute approximate surface area is 146 Å². The van der Waals surface area contributed by atoms with E-state index >= 15 is 0 Å². The van der Waals surface area contributed by atoms with Crippen molar-refractivity contribution >= 4 is 23.2 Å². The van der Waals surface area contributed by atoms with Gasteiger partial charge in [0.05, 0.1) is 17.7 Å². The highest BCUT2D eigenvalue weighted by Crippen LogP contribution is 2.23. The van der Waals surface area contributed by atoms with Crippen molar-refractivity contribution < 1.29 is 18.7 Å². The fourth-order valence-corrected chi connectivity index (χ4v) is 3.26. The maximum Gasteiger partial charge on any atom is 0.229 e. The zero-order chi connectivity index (χ0) is 17.8. The minimum Gasteiger partial charge on any atom is -0.380 e. The fraction of sp³-hybridized carbons (Fsp3) is 0.556. The molecule has 1 aromatic carbocycles. The number of anilines is 2. The molecule has 2 N–H and O–H groups in total. The summed E-state index contributed by atoms with van der Waals surface area (Å²) in [6.07, 6.45) is 2.36. The number of nitrogens with one attached hydrogen (secondary N) is 2. The van der Waals surface area contributed by atoms with E-state index < -0.39 is 5.82 Å². The highest BCUT2D eigenvalue weighted by Gasteiger charge is 2.33. The molecule has 0 spiro atoms. The number of nitrogens with zero attached hydrogens (tertiary/aromatic N) is 1. The molecule has 2 aliphatic heterocycles. The summed E-state index contributed by atoms with van der Waals surface area (Å²) < 4.78 is 19.7. The quantitative estimate of drug-likeness (QED) is 0.826. The largest absolute Gasteiger partial charge is 0.380 e. The number of ether oxygens (including phenoxy) is 1. The standard InChI is InChI=1S/C18H24FN3O3/c1-2-22-11-12(8-17(22)23)18(24)21-13-5-6-16(15(19)9-13)20-10-14-4-3-7-25-14/h5-6,9,12,14,20H,2-4,7-8,10-11H2,1H3,(H,21,24)/t12-,14+/m0/s1. The van der Waals surface area contributed by atoms with Gasteiger partial charge in [0, 0.05) is 38.3 Å². The SMILES string of the molecule is CCN1C[C@@H](C(=O)Nc2ccc(NC[C@H]3CCCO3)c(F)c2)CC1=O. The van der Waals surface area contributed by atoms with Crippen molar-refractivity contribution in [3.63, 3.8) is 0 Å². The van der Waals surface area contributed by atoms with E-state index in [0.717, 1.165) is 19.4 Å². The molecular formula is C18H24FN3O3. The molecule has 2 heterocycles. The van der Waals surface area contributed by atoms with Gasteiger partial charge in [-0.25, -0.2) is 4.39 Å². The van der Waals surface area contributed by atoms with Crippen molar-refractivity contribution in [2.24, 2.45) is 5.92 Å². The zero-order valence-corrected chi connectivity index (χ0v) is 14.4. The molecule has 2 atom stereocenters.